The van der Waals surface area contributed by atoms with Gasteiger partial charge in [0.25, 0.3) is 0 Å². The van der Waals surface area contributed by atoms with E-state index in [-0.39, 0.29) is 19.0 Å². The molecule has 0 atom stereocenters. The van der Waals surface area contributed by atoms with Gasteiger partial charge in [-0.1, -0.05) is 0 Å². The van der Waals surface area contributed by atoms with Gasteiger partial charge in [-0.3, -0.25) is 0 Å². The van der Waals surface area contributed by atoms with E-state index in [9.17, 15) is 9.18 Å². The SMILES string of the molecule is COc1cc(NC(=O)NCCOc2ccc(-c3ccc(F)cc3)nn2)cc(OC)c1. The predicted molar refractivity (Wildman–Crippen MR) is 109 cm³/mol. The van der Waals surface area contributed by atoms with Crippen molar-refractivity contribution in [1.82, 2.24) is 15.5 Å². The van der Waals surface area contributed by atoms with E-state index in [0.29, 0.717) is 28.8 Å². The number of anilines is 1. The molecule has 0 bridgehead atoms. The van der Waals surface area contributed by atoms with Gasteiger partial charge in [-0.25, -0.2) is 9.18 Å². The summed E-state index contributed by atoms with van der Waals surface area (Å²) in [4.78, 5) is 12.0. The quantitative estimate of drug-likeness (QED) is 0.550. The van der Waals surface area contributed by atoms with Crippen LogP contribution in [0.1, 0.15) is 0 Å². The summed E-state index contributed by atoms with van der Waals surface area (Å²) in [5, 5.41) is 13.4. The maximum absolute atomic E-state index is 13.0. The minimum absolute atomic E-state index is 0.208. The van der Waals surface area contributed by atoms with Crippen molar-refractivity contribution in [3.63, 3.8) is 0 Å². The van der Waals surface area contributed by atoms with Crippen molar-refractivity contribution in [1.29, 1.82) is 0 Å². The zero-order valence-electron chi connectivity index (χ0n) is 16.5. The normalized spacial score (nSPS) is 10.2. The highest BCUT2D eigenvalue weighted by atomic mass is 19.1. The lowest BCUT2D eigenvalue weighted by atomic mass is 10.1. The molecule has 0 unspecified atom stereocenters. The van der Waals surface area contributed by atoms with Crippen molar-refractivity contribution in [2.75, 3.05) is 32.7 Å². The summed E-state index contributed by atoms with van der Waals surface area (Å²) >= 11 is 0. The van der Waals surface area contributed by atoms with Crippen LogP contribution >= 0.6 is 0 Å². The molecule has 0 aliphatic rings. The van der Waals surface area contributed by atoms with Gasteiger partial charge >= 0.3 is 6.03 Å². The van der Waals surface area contributed by atoms with Crippen LogP contribution in [-0.4, -0.2) is 43.6 Å². The summed E-state index contributed by atoms with van der Waals surface area (Å²) in [6.45, 7) is 0.466. The van der Waals surface area contributed by atoms with Crippen molar-refractivity contribution in [2.45, 2.75) is 0 Å². The number of halogens is 1. The van der Waals surface area contributed by atoms with E-state index in [1.807, 2.05) is 0 Å². The maximum Gasteiger partial charge on any atom is 0.319 e. The van der Waals surface area contributed by atoms with Gasteiger partial charge in [-0.2, -0.15) is 0 Å². The lowest BCUT2D eigenvalue weighted by molar-refractivity contribution is 0.246. The van der Waals surface area contributed by atoms with E-state index in [0.717, 1.165) is 5.56 Å². The number of amides is 2. The van der Waals surface area contributed by atoms with Crippen LogP contribution in [0.15, 0.2) is 54.6 Å². The van der Waals surface area contributed by atoms with Crippen LogP contribution in [0.25, 0.3) is 11.3 Å². The number of methoxy groups -OCH3 is 2. The highest BCUT2D eigenvalue weighted by Gasteiger charge is 2.06. The molecular formula is C21H21FN4O4. The number of nitrogens with zero attached hydrogens (tertiary/aromatic N) is 2. The Bertz CT molecular complexity index is 959. The minimum atomic E-state index is -0.397. The molecule has 0 saturated carbocycles. The molecule has 0 aliphatic carbocycles. The fourth-order valence-corrected chi connectivity index (χ4v) is 2.55. The summed E-state index contributed by atoms with van der Waals surface area (Å²) < 4.78 is 28.8. The largest absolute Gasteiger partial charge is 0.497 e. The van der Waals surface area contributed by atoms with Crippen molar-refractivity contribution >= 4 is 11.7 Å². The van der Waals surface area contributed by atoms with E-state index < -0.39 is 6.03 Å². The molecule has 2 aromatic carbocycles. The van der Waals surface area contributed by atoms with E-state index in [1.165, 1.54) is 26.4 Å². The Morgan fingerprint density at radius 2 is 1.67 bits per heavy atom. The highest BCUT2D eigenvalue weighted by molar-refractivity contribution is 5.89. The van der Waals surface area contributed by atoms with Gasteiger partial charge in [0.15, 0.2) is 0 Å². The first-order chi connectivity index (χ1) is 14.6. The Labute approximate surface area is 173 Å². The molecule has 2 N–H and O–H groups in total. The zero-order chi connectivity index (χ0) is 21.3. The highest BCUT2D eigenvalue weighted by Crippen LogP contribution is 2.25. The third-order valence-corrected chi connectivity index (χ3v) is 4.03. The molecule has 2 amide bonds. The molecule has 1 heterocycles. The molecule has 0 aliphatic heterocycles. The van der Waals surface area contributed by atoms with Crippen LogP contribution in [0, 0.1) is 5.82 Å². The topological polar surface area (TPSA) is 94.6 Å². The Hall–Kier alpha value is -3.88. The van der Waals surface area contributed by atoms with E-state index >= 15 is 0 Å². The van der Waals surface area contributed by atoms with Crippen LogP contribution < -0.4 is 24.8 Å². The molecule has 0 spiro atoms. The Morgan fingerprint density at radius 1 is 0.967 bits per heavy atom. The first kappa shape index (κ1) is 20.8. The number of benzene rings is 2. The van der Waals surface area contributed by atoms with E-state index in [2.05, 4.69) is 20.8 Å². The van der Waals surface area contributed by atoms with Crippen LogP contribution in [0.4, 0.5) is 14.9 Å². The molecule has 0 saturated heterocycles. The lowest BCUT2D eigenvalue weighted by Gasteiger charge is -2.11. The number of urea groups is 1. The third-order valence-electron chi connectivity index (χ3n) is 4.03. The maximum atomic E-state index is 13.0. The number of ether oxygens (including phenoxy) is 3. The smallest absolute Gasteiger partial charge is 0.319 e. The Balaban J connectivity index is 1.44. The zero-order valence-corrected chi connectivity index (χ0v) is 16.5. The summed E-state index contributed by atoms with van der Waals surface area (Å²) in [7, 11) is 3.07. The van der Waals surface area contributed by atoms with Crippen LogP contribution in [-0.2, 0) is 0 Å². The molecule has 0 radical (unpaired) electrons. The standard InChI is InChI=1S/C21H21FN4O4/c1-28-17-11-16(12-18(13-17)29-2)24-21(27)23-9-10-30-20-8-7-19(25-26-20)14-3-5-15(22)6-4-14/h3-8,11-13H,9-10H2,1-2H3,(H2,23,24,27). The van der Waals surface area contributed by atoms with Gasteiger partial charge in [0.2, 0.25) is 5.88 Å². The molecule has 3 rings (SSSR count). The second-order valence-electron chi connectivity index (χ2n) is 6.09. The van der Waals surface area contributed by atoms with Crippen molar-refractivity contribution in [3.8, 4) is 28.6 Å². The van der Waals surface area contributed by atoms with Gasteiger partial charge in [-0.15, -0.1) is 10.2 Å². The molecule has 3 aromatic rings. The molecule has 9 heteroatoms. The molecule has 30 heavy (non-hydrogen) atoms. The third kappa shape index (κ3) is 5.81. The number of carbonyl (C=O) groups excluding carboxylic acids is 1. The van der Waals surface area contributed by atoms with Crippen molar-refractivity contribution in [2.24, 2.45) is 0 Å². The van der Waals surface area contributed by atoms with Crippen LogP contribution in [0.2, 0.25) is 0 Å². The summed E-state index contributed by atoms with van der Waals surface area (Å²) in [5.74, 6) is 1.14. The van der Waals surface area contributed by atoms with Gasteiger partial charge in [-0.05, 0) is 30.3 Å². The number of carbonyl (C=O) groups is 1. The fourth-order valence-electron chi connectivity index (χ4n) is 2.55. The number of hydrogen-bond donors (Lipinski definition) is 2. The molecule has 8 nitrogen and oxygen atoms in total. The summed E-state index contributed by atoms with van der Waals surface area (Å²) in [6, 6.07) is 14.0. The number of nitrogens with one attached hydrogen (secondary N) is 2. The van der Waals surface area contributed by atoms with E-state index in [4.69, 9.17) is 14.2 Å². The van der Waals surface area contributed by atoms with Gasteiger partial charge in [0.1, 0.15) is 23.9 Å². The molecule has 0 fully saturated rings. The lowest BCUT2D eigenvalue weighted by Crippen LogP contribution is -2.32. The first-order valence-electron chi connectivity index (χ1n) is 9.08. The predicted octanol–water partition coefficient (Wildman–Crippen LogP) is 3.50. The van der Waals surface area contributed by atoms with Crippen molar-refractivity contribution < 1.29 is 23.4 Å². The Kier molecular flexibility index (Phi) is 6.99. The average molecular weight is 412 g/mol. The van der Waals surface area contributed by atoms with Crippen LogP contribution in [0.5, 0.6) is 17.4 Å². The number of hydrogen-bond acceptors (Lipinski definition) is 6. The summed E-state index contributed by atoms with van der Waals surface area (Å²) in [5.41, 5.74) is 1.89. The molecular weight excluding hydrogens is 391 g/mol. The first-order valence-corrected chi connectivity index (χ1v) is 9.08. The summed E-state index contributed by atoms with van der Waals surface area (Å²) in [6.07, 6.45) is 0. The average Bonchev–Trinajstić information content (AvgIpc) is 2.77. The Morgan fingerprint density at radius 3 is 2.27 bits per heavy atom. The molecule has 1 aromatic heterocycles. The fraction of sp³-hybridized carbons (Fsp3) is 0.190. The van der Waals surface area contributed by atoms with Gasteiger partial charge in [0.05, 0.1) is 26.5 Å². The van der Waals surface area contributed by atoms with E-state index in [1.54, 1.807) is 42.5 Å². The molecule has 156 valence electrons. The number of aromatic nitrogens is 2. The second kappa shape index (κ2) is 10.1. The monoisotopic (exact) mass is 412 g/mol. The minimum Gasteiger partial charge on any atom is -0.497 e. The van der Waals surface area contributed by atoms with Gasteiger partial charge < -0.3 is 24.8 Å². The number of rotatable bonds is 8. The second-order valence-corrected chi connectivity index (χ2v) is 6.09. The van der Waals surface area contributed by atoms with Crippen molar-refractivity contribution in [3.05, 3.63) is 60.4 Å². The van der Waals surface area contributed by atoms with Crippen LogP contribution in [0.3, 0.4) is 0 Å². The van der Waals surface area contributed by atoms with Gasteiger partial charge in [0, 0.05) is 35.5 Å².